The molecule has 6 heteroatoms. The fourth-order valence-corrected chi connectivity index (χ4v) is 2.90. The summed E-state index contributed by atoms with van der Waals surface area (Å²) in [6.07, 6.45) is 0. The molecule has 0 aliphatic rings. The molecule has 0 N–H and O–H groups in total. The van der Waals surface area contributed by atoms with Gasteiger partial charge in [-0.2, -0.15) is 4.98 Å². The van der Waals surface area contributed by atoms with Crippen molar-refractivity contribution in [3.8, 4) is 11.4 Å². The van der Waals surface area contributed by atoms with E-state index in [9.17, 15) is 4.79 Å². The molecule has 0 saturated carbocycles. The topological polar surface area (TPSA) is 59.2 Å². The lowest BCUT2D eigenvalue weighted by atomic mass is 9.86. The number of amides is 1. The first kappa shape index (κ1) is 19.1. The summed E-state index contributed by atoms with van der Waals surface area (Å²) in [6, 6.07) is 15.0. The molecule has 0 saturated heterocycles. The van der Waals surface area contributed by atoms with Crippen molar-refractivity contribution >= 4 is 17.5 Å². The Kier molecular flexibility index (Phi) is 5.33. The summed E-state index contributed by atoms with van der Waals surface area (Å²) in [5, 5.41) is 4.51. The first-order valence-electron chi connectivity index (χ1n) is 8.69. The molecule has 0 unspecified atom stereocenters. The highest BCUT2D eigenvalue weighted by atomic mass is 35.5. The summed E-state index contributed by atoms with van der Waals surface area (Å²) in [4.78, 5) is 18.6. The van der Waals surface area contributed by atoms with Gasteiger partial charge < -0.3 is 9.42 Å². The van der Waals surface area contributed by atoms with Gasteiger partial charge in [0.1, 0.15) is 0 Å². The molecule has 5 nitrogen and oxygen atoms in total. The molecule has 0 spiro atoms. The predicted molar refractivity (Wildman–Crippen MR) is 106 cm³/mol. The van der Waals surface area contributed by atoms with Crippen LogP contribution in [0, 0.1) is 0 Å². The Bertz CT molecular complexity index is 943. The van der Waals surface area contributed by atoms with E-state index in [2.05, 4.69) is 30.9 Å². The molecule has 0 radical (unpaired) electrons. The average molecular weight is 384 g/mol. The number of carbonyl (C=O) groups is 1. The molecule has 0 bridgehead atoms. The van der Waals surface area contributed by atoms with Crippen LogP contribution >= 0.6 is 11.6 Å². The summed E-state index contributed by atoms with van der Waals surface area (Å²) >= 11 is 6.16. The number of aromatic nitrogens is 2. The van der Waals surface area contributed by atoms with Crippen molar-refractivity contribution < 1.29 is 9.32 Å². The fraction of sp³-hybridized carbons (Fsp3) is 0.286. The summed E-state index contributed by atoms with van der Waals surface area (Å²) in [5.41, 5.74) is 2.55. The van der Waals surface area contributed by atoms with Crippen molar-refractivity contribution in [2.75, 3.05) is 7.05 Å². The number of rotatable bonds is 4. The molecule has 1 aromatic heterocycles. The lowest BCUT2D eigenvalue weighted by Crippen LogP contribution is -2.26. The van der Waals surface area contributed by atoms with Crippen molar-refractivity contribution in [2.45, 2.75) is 32.7 Å². The number of hydrogen-bond donors (Lipinski definition) is 0. The van der Waals surface area contributed by atoms with Crippen LogP contribution in [0.4, 0.5) is 0 Å². The maximum absolute atomic E-state index is 12.7. The minimum Gasteiger partial charge on any atom is -0.337 e. The van der Waals surface area contributed by atoms with Crippen LogP contribution in [0.25, 0.3) is 11.4 Å². The maximum atomic E-state index is 12.7. The van der Waals surface area contributed by atoms with Gasteiger partial charge in [-0.1, -0.05) is 61.8 Å². The zero-order valence-electron chi connectivity index (χ0n) is 15.9. The Labute approximate surface area is 164 Å². The van der Waals surface area contributed by atoms with Gasteiger partial charge in [0.15, 0.2) is 0 Å². The van der Waals surface area contributed by atoms with Crippen molar-refractivity contribution in [3.05, 3.63) is 70.6 Å². The first-order valence-corrected chi connectivity index (χ1v) is 9.07. The van der Waals surface area contributed by atoms with Crippen LogP contribution in [0.1, 0.15) is 42.6 Å². The van der Waals surface area contributed by atoms with Crippen LogP contribution in [0.3, 0.4) is 0 Å². The minimum absolute atomic E-state index is 0.0480. The molecular weight excluding hydrogens is 362 g/mol. The molecule has 0 atom stereocenters. The van der Waals surface area contributed by atoms with Crippen molar-refractivity contribution in [1.29, 1.82) is 0 Å². The van der Waals surface area contributed by atoms with E-state index in [-0.39, 0.29) is 17.9 Å². The van der Waals surface area contributed by atoms with E-state index in [0.717, 1.165) is 0 Å². The van der Waals surface area contributed by atoms with E-state index < -0.39 is 0 Å². The Morgan fingerprint density at radius 1 is 1.11 bits per heavy atom. The highest BCUT2D eigenvalue weighted by Gasteiger charge is 2.18. The van der Waals surface area contributed by atoms with E-state index >= 15 is 0 Å². The van der Waals surface area contributed by atoms with Crippen molar-refractivity contribution in [1.82, 2.24) is 15.0 Å². The summed E-state index contributed by atoms with van der Waals surface area (Å²) in [5.74, 6) is 0.658. The van der Waals surface area contributed by atoms with Crippen LogP contribution in [-0.2, 0) is 12.0 Å². The van der Waals surface area contributed by atoms with Gasteiger partial charge in [0, 0.05) is 18.2 Å². The molecule has 3 rings (SSSR count). The Balaban J connectivity index is 1.71. The predicted octanol–water partition coefficient (Wildman–Crippen LogP) is 4.96. The lowest BCUT2D eigenvalue weighted by molar-refractivity contribution is 0.0769. The second-order valence-corrected chi connectivity index (χ2v) is 7.89. The smallest absolute Gasteiger partial charge is 0.254 e. The van der Waals surface area contributed by atoms with Crippen molar-refractivity contribution in [3.63, 3.8) is 0 Å². The highest BCUT2D eigenvalue weighted by molar-refractivity contribution is 6.33. The average Bonchev–Trinajstić information content (AvgIpc) is 3.09. The van der Waals surface area contributed by atoms with E-state index in [1.54, 1.807) is 18.0 Å². The number of nitrogens with zero attached hydrogens (tertiary/aromatic N) is 3. The van der Waals surface area contributed by atoms with Gasteiger partial charge in [0.2, 0.25) is 11.7 Å². The maximum Gasteiger partial charge on any atom is 0.254 e. The third kappa shape index (κ3) is 4.37. The van der Waals surface area contributed by atoms with Crippen LogP contribution in [0.15, 0.2) is 53.1 Å². The minimum atomic E-state index is -0.104. The van der Waals surface area contributed by atoms with Gasteiger partial charge >= 0.3 is 0 Å². The molecule has 0 fully saturated rings. The van der Waals surface area contributed by atoms with Gasteiger partial charge in [-0.15, -0.1) is 0 Å². The Morgan fingerprint density at radius 3 is 2.41 bits per heavy atom. The van der Waals surface area contributed by atoms with Gasteiger partial charge in [0.05, 0.1) is 11.6 Å². The monoisotopic (exact) mass is 383 g/mol. The van der Waals surface area contributed by atoms with Crippen LogP contribution in [0.5, 0.6) is 0 Å². The number of carbonyl (C=O) groups excluding carboxylic acids is 1. The van der Waals surface area contributed by atoms with E-state index in [1.165, 1.54) is 5.56 Å². The first-order chi connectivity index (χ1) is 12.8. The molecule has 1 heterocycles. The molecule has 3 aromatic rings. The number of benzene rings is 2. The molecule has 140 valence electrons. The summed E-state index contributed by atoms with van der Waals surface area (Å²) in [7, 11) is 1.71. The largest absolute Gasteiger partial charge is 0.337 e. The number of hydrogen-bond acceptors (Lipinski definition) is 4. The SMILES string of the molecule is CN(Cc1nc(-c2ccccc2Cl)no1)C(=O)c1ccc(C(C)(C)C)cc1. The lowest BCUT2D eigenvalue weighted by Gasteiger charge is -2.20. The van der Waals surface area contributed by atoms with Gasteiger partial charge in [0.25, 0.3) is 5.91 Å². The summed E-state index contributed by atoms with van der Waals surface area (Å²) < 4.78 is 5.28. The Hall–Kier alpha value is -2.66. The van der Waals surface area contributed by atoms with Gasteiger partial charge in [-0.05, 0) is 35.2 Å². The summed E-state index contributed by atoms with van der Waals surface area (Å²) in [6.45, 7) is 6.64. The third-order valence-electron chi connectivity index (χ3n) is 4.30. The normalized spacial score (nSPS) is 11.4. The van der Waals surface area contributed by atoms with E-state index in [0.29, 0.717) is 27.9 Å². The molecule has 0 aliphatic heterocycles. The fourth-order valence-electron chi connectivity index (χ4n) is 2.68. The van der Waals surface area contributed by atoms with E-state index in [4.69, 9.17) is 16.1 Å². The molecule has 27 heavy (non-hydrogen) atoms. The molecule has 0 aliphatic carbocycles. The van der Waals surface area contributed by atoms with Gasteiger partial charge in [-0.25, -0.2) is 0 Å². The second-order valence-electron chi connectivity index (χ2n) is 7.48. The third-order valence-corrected chi connectivity index (χ3v) is 4.63. The van der Waals surface area contributed by atoms with Crippen LogP contribution < -0.4 is 0 Å². The van der Waals surface area contributed by atoms with Gasteiger partial charge in [-0.3, -0.25) is 4.79 Å². The number of halogens is 1. The zero-order chi connectivity index (χ0) is 19.6. The van der Waals surface area contributed by atoms with E-state index in [1.807, 2.05) is 42.5 Å². The zero-order valence-corrected chi connectivity index (χ0v) is 16.6. The standard InChI is InChI=1S/C21H22ClN3O2/c1-21(2,3)15-11-9-14(10-12-15)20(26)25(4)13-18-23-19(24-27-18)16-7-5-6-8-17(16)22/h5-12H,13H2,1-4H3. The van der Waals surface area contributed by atoms with Crippen molar-refractivity contribution in [2.24, 2.45) is 0 Å². The van der Waals surface area contributed by atoms with Crippen LogP contribution in [-0.4, -0.2) is 28.0 Å². The highest BCUT2D eigenvalue weighted by Crippen LogP contribution is 2.25. The molecular formula is C21H22ClN3O2. The van der Waals surface area contributed by atoms with Crippen LogP contribution in [0.2, 0.25) is 5.02 Å². The Morgan fingerprint density at radius 2 is 1.78 bits per heavy atom. The quantitative estimate of drug-likeness (QED) is 0.638. The second kappa shape index (κ2) is 7.53. The molecule has 2 aromatic carbocycles. The molecule has 1 amide bonds.